The summed E-state index contributed by atoms with van der Waals surface area (Å²) in [5, 5.41) is 6.50. The minimum atomic E-state index is 0.0801. The largest absolute Gasteiger partial charge is 0.336 e. The van der Waals surface area contributed by atoms with Crippen LogP contribution in [0.4, 0.5) is 0 Å². The zero-order valence-corrected chi connectivity index (χ0v) is 10.4. The van der Waals surface area contributed by atoms with Gasteiger partial charge in [-0.2, -0.15) is 5.10 Å². The van der Waals surface area contributed by atoms with Crippen molar-refractivity contribution in [2.45, 2.75) is 46.1 Å². The summed E-state index contributed by atoms with van der Waals surface area (Å²) in [4.78, 5) is 14.1. The number of hydrogen-bond donors (Lipinski definition) is 1. The van der Waals surface area contributed by atoms with Gasteiger partial charge in [0.1, 0.15) is 0 Å². The Kier molecular flexibility index (Phi) is 5.02. The van der Waals surface area contributed by atoms with E-state index in [-0.39, 0.29) is 11.9 Å². The monoisotopic (exact) mass is 223 g/mol. The van der Waals surface area contributed by atoms with Crippen molar-refractivity contribution >= 4 is 5.91 Å². The minimum Gasteiger partial charge on any atom is -0.336 e. The summed E-state index contributed by atoms with van der Waals surface area (Å²) in [6, 6.07) is 0.286. The Balaban J connectivity index is 2.71. The van der Waals surface area contributed by atoms with Crippen molar-refractivity contribution in [2.75, 3.05) is 6.54 Å². The Morgan fingerprint density at radius 3 is 2.81 bits per heavy atom. The fourth-order valence-corrected chi connectivity index (χ4v) is 1.60. The van der Waals surface area contributed by atoms with Gasteiger partial charge in [0.2, 0.25) is 0 Å². The highest BCUT2D eigenvalue weighted by Gasteiger charge is 2.20. The zero-order chi connectivity index (χ0) is 12.0. The molecule has 0 saturated carbocycles. The van der Waals surface area contributed by atoms with Gasteiger partial charge in [-0.05, 0) is 19.8 Å². The molecule has 1 amide bonds. The number of H-pyrrole nitrogens is 1. The van der Waals surface area contributed by atoms with Crippen molar-refractivity contribution in [3.05, 3.63) is 18.0 Å². The van der Waals surface area contributed by atoms with Gasteiger partial charge >= 0.3 is 0 Å². The predicted octanol–water partition coefficient (Wildman–Crippen LogP) is 2.45. The number of rotatable bonds is 6. The summed E-state index contributed by atoms with van der Waals surface area (Å²) in [5.74, 6) is 0.0801. The van der Waals surface area contributed by atoms with Crippen molar-refractivity contribution in [1.29, 1.82) is 0 Å². The highest BCUT2D eigenvalue weighted by molar-refractivity contribution is 5.93. The summed E-state index contributed by atoms with van der Waals surface area (Å²) in [5.41, 5.74) is 0.649. The van der Waals surface area contributed by atoms with Gasteiger partial charge in [-0.15, -0.1) is 0 Å². The number of aromatic nitrogens is 2. The molecule has 4 nitrogen and oxygen atoms in total. The van der Waals surface area contributed by atoms with E-state index >= 15 is 0 Å². The third-order valence-corrected chi connectivity index (χ3v) is 2.88. The normalized spacial score (nSPS) is 12.4. The molecule has 1 N–H and O–H groups in total. The predicted molar refractivity (Wildman–Crippen MR) is 64.3 cm³/mol. The fraction of sp³-hybridized carbons (Fsp3) is 0.667. The van der Waals surface area contributed by atoms with Crippen LogP contribution < -0.4 is 0 Å². The van der Waals surface area contributed by atoms with Crippen LogP contribution >= 0.6 is 0 Å². The molecule has 0 radical (unpaired) electrons. The van der Waals surface area contributed by atoms with E-state index in [1.165, 1.54) is 0 Å². The summed E-state index contributed by atoms with van der Waals surface area (Å²) >= 11 is 0. The number of hydrogen-bond acceptors (Lipinski definition) is 2. The first-order chi connectivity index (χ1) is 7.70. The molecule has 16 heavy (non-hydrogen) atoms. The van der Waals surface area contributed by atoms with Gasteiger partial charge in [0.15, 0.2) is 0 Å². The second-order valence-corrected chi connectivity index (χ2v) is 4.10. The average molecular weight is 223 g/mol. The number of aromatic amines is 1. The Bertz CT molecular complexity index is 308. The summed E-state index contributed by atoms with van der Waals surface area (Å²) in [7, 11) is 0. The van der Waals surface area contributed by atoms with Crippen molar-refractivity contribution in [3.8, 4) is 0 Å². The standard InChI is InChI=1S/C12H21N3O/c1-4-6-7-15(10(3)5-2)12(16)11-8-13-14-9-11/h8-10H,4-7H2,1-3H3,(H,13,14). The van der Waals surface area contributed by atoms with E-state index in [9.17, 15) is 4.79 Å². The summed E-state index contributed by atoms with van der Waals surface area (Å²) in [6.07, 6.45) is 6.38. The van der Waals surface area contributed by atoms with Gasteiger partial charge in [0.25, 0.3) is 5.91 Å². The molecule has 0 aliphatic carbocycles. The van der Waals surface area contributed by atoms with Gasteiger partial charge in [0, 0.05) is 18.8 Å². The van der Waals surface area contributed by atoms with Gasteiger partial charge < -0.3 is 4.90 Å². The molecule has 0 spiro atoms. The second-order valence-electron chi connectivity index (χ2n) is 4.10. The molecule has 90 valence electrons. The van der Waals surface area contributed by atoms with Crippen molar-refractivity contribution < 1.29 is 4.79 Å². The van der Waals surface area contributed by atoms with Gasteiger partial charge in [-0.25, -0.2) is 0 Å². The summed E-state index contributed by atoms with van der Waals surface area (Å²) < 4.78 is 0. The number of nitrogens with zero attached hydrogens (tertiary/aromatic N) is 2. The van der Waals surface area contributed by atoms with Crippen LogP contribution in [0.1, 0.15) is 50.4 Å². The van der Waals surface area contributed by atoms with E-state index in [1.807, 2.05) is 4.90 Å². The maximum Gasteiger partial charge on any atom is 0.257 e. The van der Waals surface area contributed by atoms with Crippen LogP contribution in [0.25, 0.3) is 0 Å². The SMILES string of the molecule is CCCCN(C(=O)c1cn[nH]c1)C(C)CC. The summed E-state index contributed by atoms with van der Waals surface area (Å²) in [6.45, 7) is 7.16. The van der Waals surface area contributed by atoms with Crippen LogP contribution in [0.3, 0.4) is 0 Å². The van der Waals surface area contributed by atoms with Gasteiger partial charge in [-0.1, -0.05) is 20.3 Å². The third-order valence-electron chi connectivity index (χ3n) is 2.88. The Labute approximate surface area is 97.0 Å². The number of carbonyl (C=O) groups excluding carboxylic acids is 1. The highest BCUT2D eigenvalue weighted by Crippen LogP contribution is 2.11. The first-order valence-corrected chi connectivity index (χ1v) is 6.00. The fourth-order valence-electron chi connectivity index (χ4n) is 1.60. The number of carbonyl (C=O) groups is 1. The maximum atomic E-state index is 12.2. The zero-order valence-electron chi connectivity index (χ0n) is 10.4. The number of amides is 1. The number of nitrogens with one attached hydrogen (secondary N) is 1. The van der Waals surface area contributed by atoms with Gasteiger partial charge in [-0.3, -0.25) is 9.89 Å². The van der Waals surface area contributed by atoms with Crippen LogP contribution in [-0.4, -0.2) is 33.6 Å². The van der Waals surface area contributed by atoms with Gasteiger partial charge in [0.05, 0.1) is 11.8 Å². The Hall–Kier alpha value is -1.32. The Morgan fingerprint density at radius 2 is 2.31 bits per heavy atom. The Morgan fingerprint density at radius 1 is 1.56 bits per heavy atom. The lowest BCUT2D eigenvalue weighted by atomic mass is 10.1. The van der Waals surface area contributed by atoms with Crippen molar-refractivity contribution in [2.24, 2.45) is 0 Å². The first-order valence-electron chi connectivity index (χ1n) is 6.00. The molecule has 0 bridgehead atoms. The molecule has 1 rings (SSSR count). The molecule has 0 saturated heterocycles. The quantitative estimate of drug-likeness (QED) is 0.805. The molecular weight excluding hydrogens is 202 g/mol. The molecule has 1 heterocycles. The van der Waals surface area contributed by atoms with E-state index in [1.54, 1.807) is 12.4 Å². The smallest absolute Gasteiger partial charge is 0.257 e. The van der Waals surface area contributed by atoms with E-state index in [0.717, 1.165) is 25.8 Å². The first kappa shape index (κ1) is 12.7. The lowest BCUT2D eigenvalue weighted by Gasteiger charge is -2.28. The topological polar surface area (TPSA) is 49.0 Å². The van der Waals surface area contributed by atoms with Crippen LogP contribution in [-0.2, 0) is 0 Å². The molecule has 0 fully saturated rings. The third kappa shape index (κ3) is 3.08. The molecule has 4 heteroatoms. The van der Waals surface area contributed by atoms with Crippen LogP contribution in [0.5, 0.6) is 0 Å². The van der Waals surface area contributed by atoms with E-state index in [0.29, 0.717) is 5.56 Å². The minimum absolute atomic E-state index is 0.0801. The lowest BCUT2D eigenvalue weighted by Crippen LogP contribution is -2.38. The van der Waals surface area contributed by atoms with Crippen molar-refractivity contribution in [3.63, 3.8) is 0 Å². The van der Waals surface area contributed by atoms with Crippen LogP contribution in [0.15, 0.2) is 12.4 Å². The molecule has 0 aliphatic rings. The molecule has 0 aromatic carbocycles. The van der Waals surface area contributed by atoms with Crippen LogP contribution in [0, 0.1) is 0 Å². The lowest BCUT2D eigenvalue weighted by molar-refractivity contribution is 0.0685. The van der Waals surface area contributed by atoms with E-state index in [4.69, 9.17) is 0 Å². The van der Waals surface area contributed by atoms with Crippen LogP contribution in [0.2, 0.25) is 0 Å². The molecular formula is C12H21N3O. The number of unbranched alkanes of at least 4 members (excludes halogenated alkanes) is 1. The molecule has 1 unspecified atom stereocenters. The maximum absolute atomic E-state index is 12.2. The molecule has 1 atom stereocenters. The highest BCUT2D eigenvalue weighted by atomic mass is 16.2. The average Bonchev–Trinajstić information content (AvgIpc) is 2.82. The van der Waals surface area contributed by atoms with E-state index < -0.39 is 0 Å². The van der Waals surface area contributed by atoms with E-state index in [2.05, 4.69) is 31.0 Å². The molecule has 0 aliphatic heterocycles. The molecule has 1 aromatic heterocycles. The second kappa shape index (κ2) is 6.30. The molecule has 1 aromatic rings. The van der Waals surface area contributed by atoms with Crippen molar-refractivity contribution in [1.82, 2.24) is 15.1 Å².